The third-order valence-electron chi connectivity index (χ3n) is 4.02. The lowest BCUT2D eigenvalue weighted by Crippen LogP contribution is -2.54. The Morgan fingerprint density at radius 3 is 2.15 bits per heavy atom. The van der Waals surface area contributed by atoms with Crippen LogP contribution in [0.15, 0.2) is 54.6 Å². The molecule has 2 aromatic rings. The minimum atomic E-state index is -1.10. The molecule has 2 rings (SSSR count). The summed E-state index contributed by atoms with van der Waals surface area (Å²) in [5.74, 6) is -2.21. The molecule has 0 radical (unpaired) electrons. The van der Waals surface area contributed by atoms with Crippen molar-refractivity contribution in [2.45, 2.75) is 31.8 Å². The summed E-state index contributed by atoms with van der Waals surface area (Å²) in [5.41, 5.74) is 6.48. The molecule has 0 aliphatic heterocycles. The van der Waals surface area contributed by atoms with Crippen LogP contribution in [0.3, 0.4) is 0 Å². The number of amides is 3. The van der Waals surface area contributed by atoms with Gasteiger partial charge in [-0.3, -0.25) is 14.4 Å². The average molecular weight is 371 g/mol. The summed E-state index contributed by atoms with van der Waals surface area (Å²) in [7, 11) is 0. The van der Waals surface area contributed by atoms with E-state index in [9.17, 15) is 18.8 Å². The van der Waals surface area contributed by atoms with Crippen LogP contribution in [0.1, 0.15) is 18.1 Å². The fraction of sp³-hybridized carbons (Fsp3) is 0.250. The van der Waals surface area contributed by atoms with Crippen LogP contribution in [0.4, 0.5) is 4.39 Å². The standard InChI is InChI=1S/C20H22FN3O3/c1-13(25)23-18(11-14-7-3-2-4-8-14)20(27)24-17(19(22)26)12-15-9-5-6-10-16(15)21/h2-10,17-18H,11-12H2,1H3,(H2,22,26)(H,23,25)(H,24,27)/t17-,18+/m1/s1. The van der Waals surface area contributed by atoms with Crippen LogP contribution in [0.5, 0.6) is 0 Å². The molecule has 27 heavy (non-hydrogen) atoms. The molecular weight excluding hydrogens is 349 g/mol. The highest BCUT2D eigenvalue weighted by Crippen LogP contribution is 2.10. The van der Waals surface area contributed by atoms with Crippen LogP contribution >= 0.6 is 0 Å². The van der Waals surface area contributed by atoms with E-state index in [0.29, 0.717) is 0 Å². The Morgan fingerprint density at radius 1 is 0.926 bits per heavy atom. The van der Waals surface area contributed by atoms with Crippen LogP contribution in [-0.4, -0.2) is 29.8 Å². The summed E-state index contributed by atoms with van der Waals surface area (Å²) in [6.45, 7) is 1.30. The number of primary amides is 1. The monoisotopic (exact) mass is 371 g/mol. The van der Waals surface area contributed by atoms with Crippen LogP contribution in [0, 0.1) is 5.82 Å². The van der Waals surface area contributed by atoms with Gasteiger partial charge in [-0.1, -0.05) is 48.5 Å². The molecule has 0 saturated carbocycles. The number of halogens is 1. The van der Waals surface area contributed by atoms with Gasteiger partial charge in [-0.25, -0.2) is 4.39 Å². The van der Waals surface area contributed by atoms with Gasteiger partial charge in [0.15, 0.2) is 0 Å². The maximum absolute atomic E-state index is 13.8. The van der Waals surface area contributed by atoms with Gasteiger partial charge >= 0.3 is 0 Å². The molecule has 0 unspecified atom stereocenters. The van der Waals surface area contributed by atoms with Crippen molar-refractivity contribution in [3.05, 3.63) is 71.5 Å². The Hall–Kier alpha value is -3.22. The zero-order chi connectivity index (χ0) is 19.8. The van der Waals surface area contributed by atoms with E-state index in [1.54, 1.807) is 6.07 Å². The van der Waals surface area contributed by atoms with Crippen molar-refractivity contribution < 1.29 is 18.8 Å². The number of carbonyl (C=O) groups is 3. The molecule has 0 heterocycles. The van der Waals surface area contributed by atoms with E-state index in [1.165, 1.54) is 25.1 Å². The second kappa shape index (κ2) is 9.47. The van der Waals surface area contributed by atoms with Crippen molar-refractivity contribution in [2.24, 2.45) is 5.73 Å². The number of hydrogen-bond donors (Lipinski definition) is 3. The van der Waals surface area contributed by atoms with Gasteiger partial charge in [0.05, 0.1) is 0 Å². The zero-order valence-electron chi connectivity index (χ0n) is 14.9. The molecule has 0 spiro atoms. The molecule has 3 amide bonds. The predicted molar refractivity (Wildman–Crippen MR) is 99.0 cm³/mol. The van der Waals surface area contributed by atoms with Crippen LogP contribution < -0.4 is 16.4 Å². The fourth-order valence-corrected chi connectivity index (χ4v) is 2.68. The molecule has 0 aliphatic rings. The smallest absolute Gasteiger partial charge is 0.243 e. The van der Waals surface area contributed by atoms with Gasteiger partial charge in [0.2, 0.25) is 17.7 Å². The Labute approximate surface area is 156 Å². The lowest BCUT2D eigenvalue weighted by atomic mass is 10.0. The number of hydrogen-bond acceptors (Lipinski definition) is 3. The van der Waals surface area contributed by atoms with Gasteiger partial charge in [-0.15, -0.1) is 0 Å². The summed E-state index contributed by atoms with van der Waals surface area (Å²) in [6, 6.07) is 13.1. The molecule has 7 heteroatoms. The average Bonchev–Trinajstić information content (AvgIpc) is 2.62. The third kappa shape index (κ3) is 6.22. The molecular formula is C20H22FN3O3. The first kappa shape index (κ1) is 20.1. The molecule has 2 atom stereocenters. The van der Waals surface area contributed by atoms with Crippen molar-refractivity contribution in [1.82, 2.24) is 10.6 Å². The van der Waals surface area contributed by atoms with Crippen molar-refractivity contribution >= 4 is 17.7 Å². The first-order chi connectivity index (χ1) is 12.9. The Morgan fingerprint density at radius 2 is 1.56 bits per heavy atom. The lowest BCUT2D eigenvalue weighted by molar-refractivity contribution is -0.130. The molecule has 0 aromatic heterocycles. The fourth-order valence-electron chi connectivity index (χ4n) is 2.68. The number of rotatable bonds is 8. The second-order valence-corrected chi connectivity index (χ2v) is 6.20. The third-order valence-corrected chi connectivity index (χ3v) is 4.02. The number of carbonyl (C=O) groups excluding carboxylic acids is 3. The quantitative estimate of drug-likeness (QED) is 0.647. The Bertz CT molecular complexity index is 811. The van der Waals surface area contributed by atoms with Gasteiger partial charge in [-0.05, 0) is 17.2 Å². The Kier molecular flexibility index (Phi) is 7.05. The molecule has 0 bridgehead atoms. The van der Waals surface area contributed by atoms with E-state index in [-0.39, 0.29) is 24.3 Å². The molecule has 0 fully saturated rings. The first-order valence-corrected chi connectivity index (χ1v) is 8.51. The highest BCUT2D eigenvalue weighted by molar-refractivity contribution is 5.91. The van der Waals surface area contributed by atoms with Gasteiger partial charge in [0.1, 0.15) is 17.9 Å². The summed E-state index contributed by atoms with van der Waals surface area (Å²) < 4.78 is 13.8. The molecule has 4 N–H and O–H groups in total. The van der Waals surface area contributed by atoms with E-state index < -0.39 is 29.7 Å². The molecule has 142 valence electrons. The van der Waals surface area contributed by atoms with E-state index in [1.807, 2.05) is 30.3 Å². The summed E-state index contributed by atoms with van der Waals surface area (Å²) >= 11 is 0. The molecule has 6 nitrogen and oxygen atoms in total. The molecule has 0 saturated heterocycles. The zero-order valence-corrected chi connectivity index (χ0v) is 14.9. The second-order valence-electron chi connectivity index (χ2n) is 6.20. The summed E-state index contributed by atoms with van der Waals surface area (Å²) in [6.07, 6.45) is 0.170. The lowest BCUT2D eigenvalue weighted by Gasteiger charge is -2.22. The van der Waals surface area contributed by atoms with Crippen LogP contribution in [0.25, 0.3) is 0 Å². The highest BCUT2D eigenvalue weighted by atomic mass is 19.1. The van der Waals surface area contributed by atoms with E-state index in [0.717, 1.165) is 5.56 Å². The van der Waals surface area contributed by atoms with Crippen molar-refractivity contribution in [3.8, 4) is 0 Å². The van der Waals surface area contributed by atoms with E-state index in [4.69, 9.17) is 5.73 Å². The normalized spacial score (nSPS) is 12.7. The van der Waals surface area contributed by atoms with Crippen molar-refractivity contribution in [3.63, 3.8) is 0 Å². The summed E-state index contributed by atoms with van der Waals surface area (Å²) in [4.78, 5) is 35.9. The SMILES string of the molecule is CC(=O)N[C@@H](Cc1ccccc1)C(=O)N[C@H](Cc1ccccc1F)C(N)=O. The van der Waals surface area contributed by atoms with Crippen molar-refractivity contribution in [1.29, 1.82) is 0 Å². The number of nitrogens with two attached hydrogens (primary N) is 1. The number of benzene rings is 2. The van der Waals surface area contributed by atoms with Gasteiger partial charge in [-0.2, -0.15) is 0 Å². The van der Waals surface area contributed by atoms with Crippen molar-refractivity contribution in [2.75, 3.05) is 0 Å². The summed E-state index contributed by atoms with van der Waals surface area (Å²) in [5, 5.41) is 5.09. The Balaban J connectivity index is 2.13. The van der Waals surface area contributed by atoms with Crippen LogP contribution in [0.2, 0.25) is 0 Å². The molecule has 0 aliphatic carbocycles. The minimum Gasteiger partial charge on any atom is -0.368 e. The van der Waals surface area contributed by atoms with Gasteiger partial charge < -0.3 is 16.4 Å². The predicted octanol–water partition coefficient (Wildman–Crippen LogP) is 1.09. The topological polar surface area (TPSA) is 101 Å². The number of nitrogens with one attached hydrogen (secondary N) is 2. The maximum Gasteiger partial charge on any atom is 0.243 e. The van der Waals surface area contributed by atoms with E-state index >= 15 is 0 Å². The minimum absolute atomic E-state index is 0.0775. The largest absolute Gasteiger partial charge is 0.368 e. The highest BCUT2D eigenvalue weighted by Gasteiger charge is 2.26. The van der Waals surface area contributed by atoms with Gasteiger partial charge in [0, 0.05) is 19.8 Å². The van der Waals surface area contributed by atoms with Gasteiger partial charge in [0.25, 0.3) is 0 Å². The first-order valence-electron chi connectivity index (χ1n) is 8.51. The molecule has 2 aromatic carbocycles. The van der Waals surface area contributed by atoms with E-state index in [2.05, 4.69) is 10.6 Å². The van der Waals surface area contributed by atoms with Crippen LogP contribution in [-0.2, 0) is 27.2 Å². The maximum atomic E-state index is 13.8.